The van der Waals surface area contributed by atoms with E-state index in [2.05, 4.69) is 109 Å². The van der Waals surface area contributed by atoms with Crippen LogP contribution in [0.1, 0.15) is 19.5 Å². The zero-order valence-corrected chi connectivity index (χ0v) is 21.0. The van der Waals surface area contributed by atoms with Crippen molar-refractivity contribution in [3.05, 3.63) is 104 Å². The molecule has 0 spiro atoms. The van der Waals surface area contributed by atoms with Crippen LogP contribution in [-0.2, 0) is 0 Å². The van der Waals surface area contributed by atoms with Gasteiger partial charge in [-0.2, -0.15) is 0 Å². The van der Waals surface area contributed by atoms with Crippen molar-refractivity contribution in [2.75, 3.05) is 0 Å². The van der Waals surface area contributed by atoms with Crippen LogP contribution in [0.5, 0.6) is 0 Å². The lowest BCUT2D eigenvalue weighted by Crippen LogP contribution is -1.64. The average Bonchev–Trinajstić information content (AvgIpc) is 3.62. The summed E-state index contributed by atoms with van der Waals surface area (Å²) < 4.78 is 5.12. The van der Waals surface area contributed by atoms with Gasteiger partial charge in [-0.15, -0.1) is 45.3 Å². The van der Waals surface area contributed by atoms with Crippen molar-refractivity contribution in [3.8, 4) is 23.7 Å². The molecule has 4 aromatic heterocycles. The zero-order chi connectivity index (χ0) is 22.5. The molecule has 0 aliphatic carbocycles. The number of fused-ring (bicyclic) bond motifs is 4. The van der Waals surface area contributed by atoms with Crippen molar-refractivity contribution in [3.63, 3.8) is 0 Å². The first-order valence-electron chi connectivity index (χ1n) is 10.8. The Labute approximate surface area is 212 Å². The van der Waals surface area contributed by atoms with Gasteiger partial charge in [0.05, 0.1) is 19.5 Å². The van der Waals surface area contributed by atoms with E-state index in [0.29, 0.717) is 0 Å². The molecular weight excluding hydrogens is 489 g/mol. The van der Waals surface area contributed by atoms with E-state index in [1.807, 2.05) is 0 Å². The van der Waals surface area contributed by atoms with Gasteiger partial charge in [0, 0.05) is 18.8 Å². The van der Waals surface area contributed by atoms with Crippen LogP contribution < -0.4 is 0 Å². The average molecular weight is 503 g/mol. The van der Waals surface area contributed by atoms with Gasteiger partial charge in [-0.25, -0.2) is 0 Å². The molecule has 0 fully saturated rings. The minimum absolute atomic E-state index is 1.11. The molecule has 4 heteroatoms. The highest BCUT2D eigenvalue weighted by Crippen LogP contribution is 2.34. The smallest absolute Gasteiger partial charge is 0.0785 e. The molecule has 0 saturated heterocycles. The Morgan fingerprint density at radius 3 is 1.12 bits per heavy atom. The standard InChI is InChI=1S/C30H14S4/c1-3-7-27-19(5-1)13-23(31-27)9-11-25-15-21-17-30-22(18-29(21)33-25)16-26(34-30)12-10-24-14-20-6-2-4-8-28(20)32-24/h1-8,13-18H. The monoisotopic (exact) mass is 502 g/mol. The topological polar surface area (TPSA) is 0 Å². The van der Waals surface area contributed by atoms with Crippen LogP contribution >= 0.6 is 45.3 Å². The Hall–Kier alpha value is -3.38. The third-order valence-corrected chi connectivity index (χ3v) is 9.71. The van der Waals surface area contributed by atoms with E-state index in [0.717, 1.165) is 19.5 Å². The van der Waals surface area contributed by atoms with Gasteiger partial charge in [-0.1, -0.05) is 36.4 Å². The summed E-state index contributed by atoms with van der Waals surface area (Å²) in [5.74, 6) is 13.5. The van der Waals surface area contributed by atoms with Crippen molar-refractivity contribution >= 4 is 85.7 Å². The first kappa shape index (κ1) is 20.0. The SMILES string of the molecule is C(#Cc1cc2cc3sc(C#Cc4cc5ccccc5s4)cc3cc2s1)c1cc2ccccc2s1. The summed E-state index contributed by atoms with van der Waals surface area (Å²) >= 11 is 7.03. The maximum atomic E-state index is 3.38. The Kier molecular flexibility index (Phi) is 4.79. The predicted molar refractivity (Wildman–Crippen MR) is 153 cm³/mol. The molecule has 0 amide bonds. The molecule has 34 heavy (non-hydrogen) atoms. The van der Waals surface area contributed by atoms with Crippen LogP contribution in [0.15, 0.2) is 84.9 Å². The second-order valence-electron chi connectivity index (χ2n) is 7.95. The van der Waals surface area contributed by atoms with E-state index in [1.165, 1.54) is 40.3 Å². The Morgan fingerprint density at radius 2 is 0.706 bits per heavy atom. The summed E-state index contributed by atoms with van der Waals surface area (Å²) in [5, 5.41) is 5.03. The fourth-order valence-electron chi connectivity index (χ4n) is 4.03. The first-order chi connectivity index (χ1) is 16.8. The van der Waals surface area contributed by atoms with Gasteiger partial charge in [0.2, 0.25) is 0 Å². The van der Waals surface area contributed by atoms with Crippen molar-refractivity contribution in [2.45, 2.75) is 0 Å². The van der Waals surface area contributed by atoms with Crippen LogP contribution in [0.3, 0.4) is 0 Å². The van der Waals surface area contributed by atoms with E-state index in [-0.39, 0.29) is 0 Å². The first-order valence-corrected chi connectivity index (χ1v) is 14.0. The number of rotatable bonds is 0. The maximum Gasteiger partial charge on any atom is 0.0785 e. The molecular formula is C30H14S4. The molecule has 7 aromatic rings. The molecule has 0 nitrogen and oxygen atoms in total. The van der Waals surface area contributed by atoms with E-state index in [1.54, 1.807) is 45.3 Å². The largest absolute Gasteiger partial charge is 0.127 e. The van der Waals surface area contributed by atoms with Gasteiger partial charge in [0.1, 0.15) is 0 Å². The highest BCUT2D eigenvalue weighted by Gasteiger charge is 2.06. The highest BCUT2D eigenvalue weighted by atomic mass is 32.1. The molecule has 0 bridgehead atoms. The lowest BCUT2D eigenvalue weighted by atomic mass is 10.2. The Bertz CT molecular complexity index is 1720. The number of hydrogen-bond acceptors (Lipinski definition) is 4. The summed E-state index contributed by atoms with van der Waals surface area (Å²) in [6, 6.07) is 30.2. The van der Waals surface area contributed by atoms with Crippen LogP contribution in [0, 0.1) is 23.7 Å². The number of benzene rings is 3. The van der Waals surface area contributed by atoms with Crippen LogP contribution in [0.2, 0.25) is 0 Å². The Balaban J connectivity index is 1.19. The van der Waals surface area contributed by atoms with Crippen molar-refractivity contribution < 1.29 is 0 Å². The second-order valence-corrected chi connectivity index (χ2v) is 12.3. The summed E-state index contributed by atoms with van der Waals surface area (Å²) in [4.78, 5) is 4.44. The van der Waals surface area contributed by atoms with Crippen LogP contribution in [0.4, 0.5) is 0 Å². The minimum Gasteiger partial charge on any atom is -0.127 e. The molecule has 158 valence electrons. The molecule has 0 aliphatic heterocycles. The van der Waals surface area contributed by atoms with Crippen molar-refractivity contribution in [2.24, 2.45) is 0 Å². The van der Waals surface area contributed by atoms with Gasteiger partial charge in [0.25, 0.3) is 0 Å². The minimum atomic E-state index is 1.11. The van der Waals surface area contributed by atoms with Crippen LogP contribution in [0.25, 0.3) is 40.3 Å². The molecule has 0 radical (unpaired) electrons. The molecule has 0 N–H and O–H groups in total. The van der Waals surface area contributed by atoms with E-state index in [4.69, 9.17) is 0 Å². The molecule has 0 atom stereocenters. The van der Waals surface area contributed by atoms with Gasteiger partial charge < -0.3 is 0 Å². The van der Waals surface area contributed by atoms with Gasteiger partial charge >= 0.3 is 0 Å². The van der Waals surface area contributed by atoms with Crippen molar-refractivity contribution in [1.82, 2.24) is 0 Å². The van der Waals surface area contributed by atoms with Gasteiger partial charge in [0.15, 0.2) is 0 Å². The predicted octanol–water partition coefficient (Wildman–Crippen LogP) is 9.34. The Morgan fingerprint density at radius 1 is 0.353 bits per heavy atom. The van der Waals surface area contributed by atoms with Gasteiger partial charge in [-0.05, 0) is 93.8 Å². The van der Waals surface area contributed by atoms with Crippen molar-refractivity contribution in [1.29, 1.82) is 0 Å². The van der Waals surface area contributed by atoms with E-state index < -0.39 is 0 Å². The molecule has 3 aromatic carbocycles. The normalized spacial score (nSPS) is 11.1. The summed E-state index contributed by atoms with van der Waals surface area (Å²) in [7, 11) is 0. The summed E-state index contributed by atoms with van der Waals surface area (Å²) in [5.41, 5.74) is 0. The third-order valence-electron chi connectivity index (χ3n) is 5.62. The number of hydrogen-bond donors (Lipinski definition) is 0. The molecule has 7 rings (SSSR count). The molecule has 4 heterocycles. The fourth-order valence-corrected chi connectivity index (χ4v) is 7.75. The number of thiophene rings is 4. The molecule has 0 saturated carbocycles. The van der Waals surface area contributed by atoms with Crippen LogP contribution in [-0.4, -0.2) is 0 Å². The highest BCUT2D eigenvalue weighted by molar-refractivity contribution is 7.21. The molecule has 0 unspecified atom stereocenters. The lowest BCUT2D eigenvalue weighted by molar-refractivity contribution is 1.85. The second kappa shape index (κ2) is 8.13. The fraction of sp³-hybridized carbons (Fsp3) is 0. The maximum absolute atomic E-state index is 3.38. The quantitative estimate of drug-likeness (QED) is 0.181. The zero-order valence-electron chi connectivity index (χ0n) is 17.7. The summed E-state index contributed by atoms with van der Waals surface area (Å²) in [6.07, 6.45) is 0. The third kappa shape index (κ3) is 3.72. The van der Waals surface area contributed by atoms with E-state index in [9.17, 15) is 0 Å². The molecule has 0 aliphatic rings. The van der Waals surface area contributed by atoms with Gasteiger partial charge in [-0.3, -0.25) is 0 Å². The summed E-state index contributed by atoms with van der Waals surface area (Å²) in [6.45, 7) is 0. The van der Waals surface area contributed by atoms with E-state index >= 15 is 0 Å². The lowest BCUT2D eigenvalue weighted by Gasteiger charge is -1.89.